The number of rotatable bonds is 0. The van der Waals surface area contributed by atoms with E-state index in [1.165, 1.54) is 32.3 Å². The molecule has 3 aromatic carbocycles. The number of alkyl halides is 3. The molecule has 0 fully saturated rings. The van der Waals surface area contributed by atoms with Gasteiger partial charge in [0.25, 0.3) is 0 Å². The van der Waals surface area contributed by atoms with Crippen LogP contribution in [0.15, 0.2) is 67.0 Å². The molecule has 0 saturated heterocycles. The van der Waals surface area contributed by atoms with E-state index in [4.69, 9.17) is 13.0 Å². The predicted octanol–water partition coefficient (Wildman–Crippen LogP) is 4.94. The average molecular weight is 379 g/mol. The summed E-state index contributed by atoms with van der Waals surface area (Å²) in [4.78, 5) is 4.27. The molecular formula is C18H12F3NO3S. The Kier molecular flexibility index (Phi) is 4.55. The van der Waals surface area contributed by atoms with Gasteiger partial charge >= 0.3 is 15.6 Å². The number of nitrogens with zero attached hydrogens (tertiary/aromatic N) is 1. The van der Waals surface area contributed by atoms with Crippen molar-refractivity contribution in [1.82, 2.24) is 4.98 Å². The molecule has 0 saturated carbocycles. The zero-order valence-electron chi connectivity index (χ0n) is 13.1. The SMILES string of the molecule is O=S(=O)(O)C(F)(F)F.c1ccc2c(c1)c1ccccc1c1cnccc21. The third-order valence-corrected chi connectivity index (χ3v) is 4.42. The fraction of sp³-hybridized carbons (Fsp3) is 0.0556. The van der Waals surface area contributed by atoms with Crippen molar-refractivity contribution in [3.8, 4) is 0 Å². The van der Waals surface area contributed by atoms with Gasteiger partial charge in [-0.05, 0) is 33.0 Å². The van der Waals surface area contributed by atoms with Gasteiger partial charge in [-0.1, -0.05) is 48.5 Å². The van der Waals surface area contributed by atoms with Crippen molar-refractivity contribution in [2.75, 3.05) is 0 Å². The number of halogens is 3. The van der Waals surface area contributed by atoms with Gasteiger partial charge in [0.2, 0.25) is 0 Å². The standard InChI is InChI=1S/C17H11N.CHF3O3S/c1-2-7-14-12(5-1)13-6-3-4-8-15(13)17-11-18-10-9-16(14)17;2-1(3,4)8(5,6)7/h1-11H;(H,5,6,7). The highest BCUT2D eigenvalue weighted by Crippen LogP contribution is 2.33. The van der Waals surface area contributed by atoms with E-state index in [1.807, 2.05) is 12.4 Å². The third-order valence-electron chi connectivity index (χ3n) is 3.84. The number of pyridine rings is 1. The lowest BCUT2D eigenvalue weighted by Crippen LogP contribution is -2.21. The second-order valence-corrected chi connectivity index (χ2v) is 6.85. The van der Waals surface area contributed by atoms with Gasteiger partial charge in [0.15, 0.2) is 0 Å². The number of hydrogen-bond donors (Lipinski definition) is 1. The van der Waals surface area contributed by atoms with Crippen LogP contribution in [-0.4, -0.2) is 23.5 Å². The first kappa shape index (κ1) is 18.1. The van der Waals surface area contributed by atoms with E-state index < -0.39 is 15.6 Å². The van der Waals surface area contributed by atoms with Crippen LogP contribution in [0.3, 0.4) is 0 Å². The molecule has 0 aliphatic heterocycles. The molecule has 1 N–H and O–H groups in total. The molecule has 0 radical (unpaired) electrons. The highest BCUT2D eigenvalue weighted by Gasteiger charge is 2.44. The zero-order chi connectivity index (χ0) is 18.9. The van der Waals surface area contributed by atoms with Gasteiger partial charge in [0.1, 0.15) is 0 Å². The fourth-order valence-corrected chi connectivity index (χ4v) is 2.75. The largest absolute Gasteiger partial charge is 0.522 e. The lowest BCUT2D eigenvalue weighted by molar-refractivity contribution is -0.0510. The van der Waals surface area contributed by atoms with Crippen LogP contribution < -0.4 is 0 Å². The zero-order valence-corrected chi connectivity index (χ0v) is 13.9. The molecule has 1 heterocycles. The molecule has 0 aliphatic carbocycles. The van der Waals surface area contributed by atoms with E-state index in [2.05, 4.69) is 59.6 Å². The highest BCUT2D eigenvalue weighted by atomic mass is 32.2. The molecule has 4 aromatic rings. The molecule has 4 nitrogen and oxygen atoms in total. The van der Waals surface area contributed by atoms with Crippen molar-refractivity contribution in [3.63, 3.8) is 0 Å². The summed E-state index contributed by atoms with van der Waals surface area (Å²) in [6, 6.07) is 19.2. The summed E-state index contributed by atoms with van der Waals surface area (Å²) in [6.07, 6.45) is 3.83. The Hall–Kier alpha value is -2.71. The van der Waals surface area contributed by atoms with Crippen LogP contribution >= 0.6 is 0 Å². The van der Waals surface area contributed by atoms with Crippen LogP contribution in [0.2, 0.25) is 0 Å². The van der Waals surface area contributed by atoms with Crippen molar-refractivity contribution in [1.29, 1.82) is 0 Å². The number of hydrogen-bond acceptors (Lipinski definition) is 3. The van der Waals surface area contributed by atoms with Crippen LogP contribution in [0, 0.1) is 0 Å². The molecule has 0 bridgehead atoms. The molecule has 134 valence electrons. The van der Waals surface area contributed by atoms with Gasteiger partial charge < -0.3 is 0 Å². The van der Waals surface area contributed by atoms with Crippen molar-refractivity contribution < 1.29 is 26.1 Å². The first-order chi connectivity index (χ1) is 12.2. The number of benzene rings is 3. The van der Waals surface area contributed by atoms with Crippen molar-refractivity contribution in [3.05, 3.63) is 67.0 Å². The normalized spacial score (nSPS) is 12.2. The Bertz CT molecular complexity index is 984. The van der Waals surface area contributed by atoms with Crippen molar-refractivity contribution in [2.24, 2.45) is 0 Å². The molecule has 1 aromatic heterocycles. The maximum Gasteiger partial charge on any atom is 0.522 e. The molecule has 4 rings (SSSR count). The second kappa shape index (κ2) is 6.54. The van der Waals surface area contributed by atoms with Crippen LogP contribution in [-0.2, 0) is 10.1 Å². The summed E-state index contributed by atoms with van der Waals surface area (Å²) in [5.41, 5.74) is -5.53. The van der Waals surface area contributed by atoms with E-state index in [0.717, 1.165) is 0 Å². The molecule has 8 heteroatoms. The molecule has 0 aliphatic rings. The molecule has 0 unspecified atom stereocenters. The Morgan fingerprint density at radius 3 is 1.46 bits per heavy atom. The minimum atomic E-state index is -5.84. The lowest BCUT2D eigenvalue weighted by Gasteiger charge is -2.09. The van der Waals surface area contributed by atoms with Crippen molar-refractivity contribution >= 4 is 42.4 Å². The first-order valence-corrected chi connectivity index (χ1v) is 8.81. The maximum atomic E-state index is 10.7. The summed E-state index contributed by atoms with van der Waals surface area (Å²) in [6.45, 7) is 0. The minimum Gasteiger partial charge on any atom is -0.279 e. The quantitative estimate of drug-likeness (QED) is 0.267. The Balaban J connectivity index is 0.000000211. The summed E-state index contributed by atoms with van der Waals surface area (Å²) in [5, 5.41) is 7.69. The maximum absolute atomic E-state index is 10.7. The average Bonchev–Trinajstić information content (AvgIpc) is 2.61. The van der Waals surface area contributed by atoms with E-state index in [-0.39, 0.29) is 0 Å². The first-order valence-electron chi connectivity index (χ1n) is 7.37. The van der Waals surface area contributed by atoms with Gasteiger partial charge in [0.05, 0.1) is 0 Å². The summed E-state index contributed by atoms with van der Waals surface area (Å²) >= 11 is 0. The molecule has 0 amide bonds. The van der Waals surface area contributed by atoms with Gasteiger partial charge in [-0.25, -0.2) is 0 Å². The van der Waals surface area contributed by atoms with E-state index in [9.17, 15) is 13.2 Å². The minimum absolute atomic E-state index is 1.23. The second-order valence-electron chi connectivity index (χ2n) is 5.43. The third kappa shape index (κ3) is 3.33. The van der Waals surface area contributed by atoms with Gasteiger partial charge in [-0.15, -0.1) is 0 Å². The fourth-order valence-electron chi connectivity index (χ4n) is 2.75. The van der Waals surface area contributed by atoms with E-state index in [0.29, 0.717) is 0 Å². The van der Waals surface area contributed by atoms with Crippen molar-refractivity contribution in [2.45, 2.75) is 5.51 Å². The van der Waals surface area contributed by atoms with Gasteiger partial charge in [0, 0.05) is 17.8 Å². The van der Waals surface area contributed by atoms with E-state index in [1.54, 1.807) is 0 Å². The van der Waals surface area contributed by atoms with Gasteiger partial charge in [-0.3, -0.25) is 9.54 Å². The Morgan fingerprint density at radius 1 is 0.731 bits per heavy atom. The monoisotopic (exact) mass is 379 g/mol. The predicted molar refractivity (Wildman–Crippen MR) is 94.4 cm³/mol. The lowest BCUT2D eigenvalue weighted by atomic mass is 9.96. The number of fused-ring (bicyclic) bond motifs is 6. The number of aromatic nitrogens is 1. The van der Waals surface area contributed by atoms with Crippen LogP contribution in [0.1, 0.15) is 0 Å². The molecular weight excluding hydrogens is 367 g/mol. The van der Waals surface area contributed by atoms with Gasteiger partial charge in [-0.2, -0.15) is 21.6 Å². The highest BCUT2D eigenvalue weighted by molar-refractivity contribution is 7.86. The Morgan fingerprint density at radius 2 is 1.08 bits per heavy atom. The van der Waals surface area contributed by atoms with Crippen LogP contribution in [0.4, 0.5) is 13.2 Å². The summed E-state index contributed by atoms with van der Waals surface area (Å²) < 4.78 is 57.5. The van der Waals surface area contributed by atoms with Crippen LogP contribution in [0.5, 0.6) is 0 Å². The topological polar surface area (TPSA) is 67.3 Å². The molecule has 0 spiro atoms. The summed E-state index contributed by atoms with van der Waals surface area (Å²) in [5.74, 6) is 0. The van der Waals surface area contributed by atoms with E-state index >= 15 is 0 Å². The Labute approximate surface area is 146 Å². The molecule has 0 atom stereocenters. The molecule has 26 heavy (non-hydrogen) atoms. The summed E-state index contributed by atoms with van der Waals surface area (Å²) in [7, 11) is -5.84. The smallest absolute Gasteiger partial charge is 0.279 e. The van der Waals surface area contributed by atoms with Crippen LogP contribution in [0.25, 0.3) is 32.3 Å².